The number of carbonyl (C=O) groups excluding carboxylic acids is 1. The fraction of sp³-hybridized carbons (Fsp3) is 0.600. The molecule has 0 radical (unpaired) electrons. The summed E-state index contributed by atoms with van der Waals surface area (Å²) in [6, 6.07) is 1.86. The van der Waals surface area contributed by atoms with Crippen LogP contribution >= 0.6 is 11.6 Å². The number of halogens is 1. The number of pyridine rings is 1. The Hall–Kier alpha value is -1.73. The first-order valence-corrected chi connectivity index (χ1v) is 8.94. The quantitative estimate of drug-likeness (QED) is 0.793. The topological polar surface area (TPSA) is 51.2 Å². The number of carbonyl (C=O) groups is 1. The number of nitrogens with one attached hydrogen (secondary N) is 1. The Morgan fingerprint density at radius 1 is 1.32 bits per heavy atom. The summed E-state index contributed by atoms with van der Waals surface area (Å²) < 4.78 is 5.29. The van der Waals surface area contributed by atoms with Gasteiger partial charge in [-0.1, -0.05) is 23.4 Å². The van der Waals surface area contributed by atoms with Crippen molar-refractivity contribution in [2.24, 2.45) is 5.41 Å². The Labute approximate surface area is 155 Å². The van der Waals surface area contributed by atoms with Crippen LogP contribution in [0.25, 0.3) is 0 Å². The summed E-state index contributed by atoms with van der Waals surface area (Å²) >= 11 is 6.45. The molecule has 1 aromatic heterocycles. The van der Waals surface area contributed by atoms with Crippen LogP contribution in [0, 0.1) is 17.3 Å². The van der Waals surface area contributed by atoms with Gasteiger partial charge in [0.15, 0.2) is 0 Å². The Bertz CT molecular complexity index is 714. The molecule has 0 aliphatic heterocycles. The Kier molecular flexibility index (Phi) is 5.39. The maximum Gasteiger partial charge on any atom is 0.407 e. The zero-order valence-electron chi connectivity index (χ0n) is 15.9. The smallest absolute Gasteiger partial charge is 0.407 e. The average Bonchev–Trinajstić information content (AvgIpc) is 3.21. The van der Waals surface area contributed by atoms with Crippen molar-refractivity contribution in [3.8, 4) is 11.8 Å². The van der Waals surface area contributed by atoms with E-state index in [9.17, 15) is 4.79 Å². The SMILES string of the molecule is CC(C)(C)C#Cc1cnc(C2(CNC(=O)OC(C)(C)C)CC2)c(Cl)c1. The molecule has 136 valence electrons. The highest BCUT2D eigenvalue weighted by Gasteiger charge is 2.47. The standard InChI is InChI=1S/C20H27ClN2O2/c1-18(2,3)8-7-14-11-15(21)16(22-12-14)20(9-10-20)13-23-17(24)25-19(4,5)6/h11-12H,9-10,13H2,1-6H3,(H,23,24). The number of alkyl carbamates (subject to hydrolysis) is 1. The Morgan fingerprint density at radius 2 is 1.96 bits per heavy atom. The molecule has 0 unspecified atom stereocenters. The van der Waals surface area contributed by atoms with Crippen LogP contribution in [0.2, 0.25) is 5.02 Å². The third-order valence-corrected chi connectivity index (χ3v) is 4.04. The van der Waals surface area contributed by atoms with Gasteiger partial charge >= 0.3 is 6.09 Å². The van der Waals surface area contributed by atoms with Gasteiger partial charge < -0.3 is 10.1 Å². The summed E-state index contributed by atoms with van der Waals surface area (Å²) in [5, 5.41) is 3.44. The average molecular weight is 363 g/mol. The summed E-state index contributed by atoms with van der Waals surface area (Å²) in [5.74, 6) is 6.29. The van der Waals surface area contributed by atoms with Crippen LogP contribution in [0.15, 0.2) is 12.3 Å². The molecular weight excluding hydrogens is 336 g/mol. The summed E-state index contributed by atoms with van der Waals surface area (Å²) in [6.07, 6.45) is 3.24. The molecule has 1 amide bonds. The van der Waals surface area contributed by atoms with E-state index in [1.807, 2.05) is 26.8 Å². The third kappa shape index (κ3) is 5.93. The van der Waals surface area contributed by atoms with E-state index in [-0.39, 0.29) is 10.8 Å². The summed E-state index contributed by atoms with van der Waals surface area (Å²) in [7, 11) is 0. The van der Waals surface area contributed by atoms with Crippen molar-refractivity contribution in [2.75, 3.05) is 6.54 Å². The van der Waals surface area contributed by atoms with Gasteiger partial charge in [0.25, 0.3) is 0 Å². The van der Waals surface area contributed by atoms with Crippen LogP contribution in [0.3, 0.4) is 0 Å². The van der Waals surface area contributed by atoms with Crippen LogP contribution in [0.1, 0.15) is 65.6 Å². The molecule has 1 aliphatic rings. The minimum absolute atomic E-state index is 0.0692. The molecule has 0 bridgehead atoms. The van der Waals surface area contributed by atoms with Gasteiger partial charge in [0.05, 0.1) is 10.7 Å². The predicted molar refractivity (Wildman–Crippen MR) is 101 cm³/mol. The van der Waals surface area contributed by atoms with E-state index >= 15 is 0 Å². The molecular formula is C20H27ClN2O2. The lowest BCUT2D eigenvalue weighted by molar-refractivity contribution is 0.0522. The minimum Gasteiger partial charge on any atom is -0.444 e. The van der Waals surface area contributed by atoms with E-state index in [1.54, 1.807) is 6.20 Å². The van der Waals surface area contributed by atoms with Crippen LogP contribution in [-0.2, 0) is 10.2 Å². The lowest BCUT2D eigenvalue weighted by Gasteiger charge is -2.22. The molecule has 1 aromatic rings. The van der Waals surface area contributed by atoms with E-state index in [0.717, 1.165) is 24.1 Å². The van der Waals surface area contributed by atoms with Crippen LogP contribution in [-0.4, -0.2) is 23.2 Å². The van der Waals surface area contributed by atoms with Gasteiger partial charge in [-0.3, -0.25) is 4.98 Å². The molecule has 0 saturated heterocycles. The highest BCUT2D eigenvalue weighted by atomic mass is 35.5. The van der Waals surface area contributed by atoms with Gasteiger partial charge in [-0.25, -0.2) is 4.79 Å². The van der Waals surface area contributed by atoms with Crippen molar-refractivity contribution in [2.45, 2.75) is 65.4 Å². The highest BCUT2D eigenvalue weighted by Crippen LogP contribution is 2.49. The first-order chi connectivity index (χ1) is 11.4. The van der Waals surface area contributed by atoms with Crippen molar-refractivity contribution in [3.05, 3.63) is 28.5 Å². The summed E-state index contributed by atoms with van der Waals surface area (Å²) in [4.78, 5) is 16.4. The molecule has 1 aliphatic carbocycles. The van der Waals surface area contributed by atoms with E-state index in [2.05, 4.69) is 42.9 Å². The van der Waals surface area contributed by atoms with Crippen molar-refractivity contribution in [1.29, 1.82) is 0 Å². The largest absolute Gasteiger partial charge is 0.444 e. The molecule has 5 heteroatoms. The van der Waals surface area contributed by atoms with Gasteiger partial charge in [0.2, 0.25) is 0 Å². The zero-order chi connectivity index (χ0) is 18.9. The number of hydrogen-bond acceptors (Lipinski definition) is 3. The number of ether oxygens (including phenoxy) is 1. The second kappa shape index (κ2) is 6.88. The van der Waals surface area contributed by atoms with Gasteiger partial charge in [0.1, 0.15) is 5.60 Å². The molecule has 0 atom stereocenters. The van der Waals surface area contributed by atoms with Crippen LogP contribution < -0.4 is 5.32 Å². The normalized spacial score (nSPS) is 15.8. The van der Waals surface area contributed by atoms with Gasteiger partial charge in [-0.15, -0.1) is 0 Å². The van der Waals surface area contributed by atoms with Crippen molar-refractivity contribution in [3.63, 3.8) is 0 Å². The lowest BCUT2D eigenvalue weighted by Crippen LogP contribution is -2.37. The van der Waals surface area contributed by atoms with E-state index in [1.165, 1.54) is 0 Å². The minimum atomic E-state index is -0.510. The third-order valence-electron chi connectivity index (χ3n) is 3.75. The molecule has 2 rings (SSSR count). The number of nitrogens with zero attached hydrogens (tertiary/aromatic N) is 1. The molecule has 4 nitrogen and oxygen atoms in total. The monoisotopic (exact) mass is 362 g/mol. The van der Waals surface area contributed by atoms with Crippen LogP contribution in [0.5, 0.6) is 0 Å². The molecule has 25 heavy (non-hydrogen) atoms. The first-order valence-electron chi connectivity index (χ1n) is 8.56. The van der Waals surface area contributed by atoms with Gasteiger partial charge in [-0.2, -0.15) is 0 Å². The molecule has 0 spiro atoms. The number of rotatable bonds is 3. The van der Waals surface area contributed by atoms with E-state index in [4.69, 9.17) is 16.3 Å². The zero-order valence-corrected chi connectivity index (χ0v) is 16.7. The molecule has 1 saturated carbocycles. The molecule has 1 N–H and O–H groups in total. The molecule has 1 heterocycles. The molecule has 0 aromatic carbocycles. The van der Waals surface area contributed by atoms with E-state index < -0.39 is 11.7 Å². The number of hydrogen-bond donors (Lipinski definition) is 1. The fourth-order valence-corrected chi connectivity index (χ4v) is 2.73. The van der Waals surface area contributed by atoms with Crippen molar-refractivity contribution in [1.82, 2.24) is 10.3 Å². The van der Waals surface area contributed by atoms with Gasteiger partial charge in [-0.05, 0) is 60.5 Å². The summed E-state index contributed by atoms with van der Waals surface area (Å²) in [6.45, 7) is 12.2. The Morgan fingerprint density at radius 3 is 2.44 bits per heavy atom. The summed E-state index contributed by atoms with van der Waals surface area (Å²) in [5.41, 5.74) is 0.861. The second-order valence-corrected chi connectivity index (χ2v) is 9.10. The van der Waals surface area contributed by atoms with Gasteiger partial charge in [0, 0.05) is 29.1 Å². The highest BCUT2D eigenvalue weighted by molar-refractivity contribution is 6.31. The van der Waals surface area contributed by atoms with Crippen LogP contribution in [0.4, 0.5) is 4.79 Å². The predicted octanol–water partition coefficient (Wildman–Crippen LogP) is 4.69. The van der Waals surface area contributed by atoms with Crippen molar-refractivity contribution >= 4 is 17.7 Å². The second-order valence-electron chi connectivity index (χ2n) is 8.69. The Balaban J connectivity index is 2.08. The first kappa shape index (κ1) is 19.6. The molecule has 1 fully saturated rings. The maximum atomic E-state index is 11.9. The number of aromatic nitrogens is 1. The van der Waals surface area contributed by atoms with E-state index in [0.29, 0.717) is 11.6 Å². The maximum absolute atomic E-state index is 11.9. The fourth-order valence-electron chi connectivity index (χ4n) is 2.36. The van der Waals surface area contributed by atoms with Crippen molar-refractivity contribution < 1.29 is 9.53 Å². The lowest BCUT2D eigenvalue weighted by atomic mass is 9.97. The number of amides is 1.